The summed E-state index contributed by atoms with van der Waals surface area (Å²) in [5.41, 5.74) is 2.77. The number of hydrogen-bond donors (Lipinski definition) is 2. The Bertz CT molecular complexity index is 1470. The van der Waals surface area contributed by atoms with Crippen molar-refractivity contribution < 1.29 is 19.0 Å². The number of nitrogens with one attached hydrogen (secondary N) is 2. The van der Waals surface area contributed by atoms with Crippen molar-refractivity contribution in [1.29, 1.82) is 0 Å². The third-order valence-corrected chi connectivity index (χ3v) is 6.83. The number of likely N-dealkylation sites (tertiary alicyclic amines) is 1. The van der Waals surface area contributed by atoms with E-state index in [1.165, 1.54) is 0 Å². The van der Waals surface area contributed by atoms with E-state index in [0.717, 1.165) is 29.8 Å². The number of hydrogen-bond acceptors (Lipinski definition) is 9. The summed E-state index contributed by atoms with van der Waals surface area (Å²) < 4.78 is 18.4. The lowest BCUT2D eigenvalue weighted by Gasteiger charge is -2.34. The largest absolute Gasteiger partial charge is 0.491 e. The zero-order chi connectivity index (χ0) is 29.5. The van der Waals surface area contributed by atoms with Crippen molar-refractivity contribution in [1.82, 2.24) is 24.4 Å². The molecule has 222 valence electrons. The minimum Gasteiger partial charge on any atom is -0.491 e. The number of benzene rings is 2. The number of nitrogens with zero attached hydrogens (tertiary/aromatic N) is 5. The molecular weight excluding hydrogens is 534 g/mol. The van der Waals surface area contributed by atoms with Gasteiger partial charge in [-0.2, -0.15) is 9.97 Å². The van der Waals surface area contributed by atoms with Gasteiger partial charge in [0, 0.05) is 32.4 Å². The summed E-state index contributed by atoms with van der Waals surface area (Å²) in [5, 5.41) is 6.79. The third kappa shape index (κ3) is 7.47. The monoisotopic (exact) mass is 573 g/mol. The molecule has 0 aliphatic carbocycles. The molecule has 1 aliphatic heterocycles. The summed E-state index contributed by atoms with van der Waals surface area (Å²) in [6, 6.07) is 17.8. The number of carbonyl (C=O) groups excluding carboxylic acids is 1. The van der Waals surface area contributed by atoms with E-state index in [-0.39, 0.29) is 12.1 Å². The topological polar surface area (TPSA) is 116 Å². The first-order chi connectivity index (χ1) is 20.3. The molecular formula is C31H39N7O4. The molecule has 0 radical (unpaired) electrons. The van der Waals surface area contributed by atoms with Crippen LogP contribution in [0.3, 0.4) is 0 Å². The minimum absolute atomic E-state index is 0.00419. The quantitative estimate of drug-likeness (QED) is 0.228. The van der Waals surface area contributed by atoms with Gasteiger partial charge in [0.15, 0.2) is 17.0 Å². The van der Waals surface area contributed by atoms with Gasteiger partial charge in [-0.3, -0.25) is 0 Å². The molecule has 1 saturated heterocycles. The second-order valence-electron chi connectivity index (χ2n) is 11.3. The summed E-state index contributed by atoms with van der Waals surface area (Å²) in [6.45, 7) is 8.42. The van der Waals surface area contributed by atoms with Crippen molar-refractivity contribution in [2.24, 2.45) is 0 Å². The van der Waals surface area contributed by atoms with Crippen molar-refractivity contribution in [3.63, 3.8) is 0 Å². The summed E-state index contributed by atoms with van der Waals surface area (Å²) in [5.74, 6) is 1.82. The number of amides is 1. The van der Waals surface area contributed by atoms with E-state index in [9.17, 15) is 4.79 Å². The lowest BCUT2D eigenvalue weighted by Crippen LogP contribution is -2.43. The van der Waals surface area contributed by atoms with Crippen LogP contribution in [0, 0.1) is 0 Å². The van der Waals surface area contributed by atoms with Crippen molar-refractivity contribution in [2.45, 2.75) is 51.8 Å². The summed E-state index contributed by atoms with van der Waals surface area (Å²) in [4.78, 5) is 29.0. The Morgan fingerprint density at radius 1 is 1.05 bits per heavy atom. The van der Waals surface area contributed by atoms with Gasteiger partial charge in [-0.15, -0.1) is 0 Å². The number of methoxy groups -OCH3 is 1. The molecule has 2 aromatic carbocycles. The Balaban J connectivity index is 1.41. The Kier molecular flexibility index (Phi) is 9.06. The number of rotatable bonds is 10. The van der Waals surface area contributed by atoms with E-state index in [2.05, 4.69) is 27.3 Å². The van der Waals surface area contributed by atoms with Gasteiger partial charge in [0.1, 0.15) is 18.0 Å². The molecule has 11 heteroatoms. The molecule has 5 rings (SSSR count). The summed E-state index contributed by atoms with van der Waals surface area (Å²) >= 11 is 0. The van der Waals surface area contributed by atoms with Crippen LogP contribution in [0.2, 0.25) is 0 Å². The number of fused-ring (bicyclic) bond motifs is 1. The van der Waals surface area contributed by atoms with Crippen LogP contribution in [0.5, 0.6) is 5.75 Å². The minimum atomic E-state index is -0.549. The number of ether oxygens (including phenoxy) is 3. The lowest BCUT2D eigenvalue weighted by molar-refractivity contribution is 0.0174. The zero-order valence-corrected chi connectivity index (χ0v) is 24.7. The van der Waals surface area contributed by atoms with Crippen molar-refractivity contribution in [3.05, 3.63) is 66.5 Å². The van der Waals surface area contributed by atoms with Crippen molar-refractivity contribution >= 4 is 34.7 Å². The second-order valence-corrected chi connectivity index (χ2v) is 11.3. The number of piperidine rings is 1. The molecule has 11 nitrogen and oxygen atoms in total. The van der Waals surface area contributed by atoms with Crippen molar-refractivity contribution in [2.75, 3.05) is 44.0 Å². The van der Waals surface area contributed by atoms with Crippen molar-refractivity contribution in [3.8, 4) is 5.75 Å². The lowest BCUT2D eigenvalue weighted by atomic mass is 10.1. The number of aromatic nitrogens is 4. The Morgan fingerprint density at radius 3 is 2.57 bits per heavy atom. The highest BCUT2D eigenvalue weighted by Crippen LogP contribution is 2.30. The molecule has 1 aliphatic rings. The first-order valence-electron chi connectivity index (χ1n) is 14.3. The molecule has 42 heavy (non-hydrogen) atoms. The summed E-state index contributed by atoms with van der Waals surface area (Å²) in [6.07, 6.45) is 3.26. The molecule has 1 amide bonds. The van der Waals surface area contributed by atoms with Gasteiger partial charge < -0.3 is 34.3 Å². The van der Waals surface area contributed by atoms with Crippen LogP contribution in [0.15, 0.2) is 60.9 Å². The van der Waals surface area contributed by atoms with Gasteiger partial charge in [0.25, 0.3) is 0 Å². The van der Waals surface area contributed by atoms with E-state index in [0.29, 0.717) is 55.8 Å². The normalized spacial score (nSPS) is 15.4. The molecule has 2 aromatic heterocycles. The van der Waals surface area contributed by atoms with Gasteiger partial charge in [-0.25, -0.2) is 9.78 Å². The Hall–Kier alpha value is -4.38. The van der Waals surface area contributed by atoms with Gasteiger partial charge in [0.05, 0.1) is 19.0 Å². The maximum atomic E-state index is 12.8. The number of carbonyl (C=O) groups is 1. The van der Waals surface area contributed by atoms with Gasteiger partial charge >= 0.3 is 6.09 Å². The molecule has 2 N–H and O–H groups in total. The standard InChI is InChI=1S/C31H39N7O4/c1-31(2,3)42-30(39)37-16-8-11-24(20-37)38-21-33-26-27(32-19-22-9-6-5-7-10-22)35-29(36-28(26)38)34-23-12-14-25(15-13-23)41-18-17-40-4/h5-7,9-10,12-15,21,24H,8,11,16-20H2,1-4H3,(H2,32,34,35,36). The third-order valence-electron chi connectivity index (χ3n) is 6.83. The smallest absolute Gasteiger partial charge is 0.410 e. The SMILES string of the molecule is COCCOc1ccc(Nc2nc(NCc3ccccc3)c3ncn(C4CCCN(C(=O)OC(C)(C)C)C4)c3n2)cc1. The maximum absolute atomic E-state index is 12.8. The summed E-state index contributed by atoms with van der Waals surface area (Å²) in [7, 11) is 1.65. The molecule has 3 heterocycles. The van der Waals surface area contributed by atoms with E-state index >= 15 is 0 Å². The van der Waals surface area contributed by atoms with Crippen LogP contribution in [-0.2, 0) is 16.0 Å². The van der Waals surface area contributed by atoms with Crippen LogP contribution in [0.4, 0.5) is 22.2 Å². The molecule has 0 spiro atoms. The van der Waals surface area contributed by atoms with Gasteiger partial charge in [-0.05, 0) is 63.4 Å². The van der Waals surface area contributed by atoms with E-state index in [4.69, 9.17) is 29.2 Å². The van der Waals surface area contributed by atoms with E-state index in [1.54, 1.807) is 18.3 Å². The van der Waals surface area contributed by atoms with Gasteiger partial charge in [0.2, 0.25) is 5.95 Å². The molecule has 4 aromatic rings. The number of anilines is 3. The fourth-order valence-corrected chi connectivity index (χ4v) is 4.83. The average molecular weight is 574 g/mol. The van der Waals surface area contributed by atoms with Crippen LogP contribution in [0.25, 0.3) is 11.2 Å². The first kappa shape index (κ1) is 29.1. The predicted molar refractivity (Wildman–Crippen MR) is 162 cm³/mol. The highest BCUT2D eigenvalue weighted by molar-refractivity contribution is 5.85. The Morgan fingerprint density at radius 2 is 1.83 bits per heavy atom. The molecule has 1 unspecified atom stereocenters. The zero-order valence-electron chi connectivity index (χ0n) is 24.7. The fourth-order valence-electron chi connectivity index (χ4n) is 4.83. The predicted octanol–water partition coefficient (Wildman–Crippen LogP) is 5.78. The van der Waals surface area contributed by atoms with Crippen LogP contribution < -0.4 is 15.4 Å². The molecule has 0 bridgehead atoms. The highest BCUT2D eigenvalue weighted by atomic mass is 16.6. The van der Waals surface area contributed by atoms with E-state index < -0.39 is 5.60 Å². The second kappa shape index (κ2) is 13.1. The average Bonchev–Trinajstić information content (AvgIpc) is 3.41. The molecule has 1 atom stereocenters. The molecule has 1 fully saturated rings. The van der Waals surface area contributed by atoms with Crippen LogP contribution >= 0.6 is 0 Å². The van der Waals surface area contributed by atoms with Crippen LogP contribution in [0.1, 0.15) is 45.2 Å². The van der Waals surface area contributed by atoms with E-state index in [1.807, 2.05) is 63.2 Å². The first-order valence-corrected chi connectivity index (χ1v) is 14.3. The highest BCUT2D eigenvalue weighted by Gasteiger charge is 2.30. The fraction of sp³-hybridized carbons (Fsp3) is 0.419. The van der Waals surface area contributed by atoms with Gasteiger partial charge in [-0.1, -0.05) is 30.3 Å². The maximum Gasteiger partial charge on any atom is 0.410 e. The Labute approximate surface area is 246 Å². The molecule has 0 saturated carbocycles. The number of imidazole rings is 1. The van der Waals surface area contributed by atoms with Crippen LogP contribution in [-0.4, -0.2) is 69.5 Å².